The first kappa shape index (κ1) is 27.9. The predicted molar refractivity (Wildman–Crippen MR) is 179 cm³/mol. The average molecular weight is 581 g/mol. The highest BCUT2D eigenvalue weighted by Crippen LogP contribution is 2.71. The van der Waals surface area contributed by atoms with Crippen molar-refractivity contribution in [1.82, 2.24) is 0 Å². The normalized spacial score (nSPS) is 32.8. The summed E-state index contributed by atoms with van der Waals surface area (Å²) in [5.74, 6) is 5.20. The van der Waals surface area contributed by atoms with E-state index in [1.54, 1.807) is 43.2 Å². The van der Waals surface area contributed by atoms with E-state index in [0.717, 1.165) is 65.3 Å². The van der Waals surface area contributed by atoms with Crippen LogP contribution in [-0.2, 0) is 0 Å². The topological polar surface area (TPSA) is 9.23 Å². The lowest BCUT2D eigenvalue weighted by atomic mass is 9.59. The molecule has 2 heteroatoms. The van der Waals surface area contributed by atoms with Crippen molar-refractivity contribution in [1.29, 1.82) is 0 Å². The molecule has 0 radical (unpaired) electrons. The van der Waals surface area contributed by atoms with Crippen molar-refractivity contribution in [2.24, 2.45) is 17.8 Å². The van der Waals surface area contributed by atoms with Gasteiger partial charge in [-0.1, -0.05) is 108 Å². The molecule has 0 heterocycles. The molecule has 1 nitrogen and oxygen atoms in total. The Kier molecular flexibility index (Phi) is 8.02. The van der Waals surface area contributed by atoms with E-state index in [0.29, 0.717) is 0 Å². The molecule has 2 aromatic rings. The van der Waals surface area contributed by atoms with Crippen LogP contribution in [0.3, 0.4) is 0 Å². The van der Waals surface area contributed by atoms with Crippen LogP contribution in [-0.4, -0.2) is 23.6 Å². The Morgan fingerprint density at radius 3 is 2.05 bits per heavy atom. The third-order valence-corrected chi connectivity index (χ3v) is 16.7. The fourth-order valence-electron chi connectivity index (χ4n) is 10.9. The van der Waals surface area contributed by atoms with Gasteiger partial charge in [0.2, 0.25) is 0 Å². The summed E-state index contributed by atoms with van der Waals surface area (Å²) in [5.41, 5.74) is 11.3. The predicted octanol–water partition coefficient (Wildman–Crippen LogP) is 11.6. The molecule has 6 aliphatic rings. The number of allylic oxidation sites excluding steroid dienone is 2. The van der Waals surface area contributed by atoms with Crippen molar-refractivity contribution >= 4 is 7.92 Å². The number of ether oxygens (including phenoxy) is 1. The quantitative estimate of drug-likeness (QED) is 0.223. The molecule has 8 rings (SSSR count). The Morgan fingerprint density at radius 1 is 0.667 bits per heavy atom. The van der Waals surface area contributed by atoms with Crippen molar-refractivity contribution in [2.45, 2.75) is 138 Å². The van der Waals surface area contributed by atoms with Gasteiger partial charge in [-0.25, -0.2) is 0 Å². The van der Waals surface area contributed by atoms with Gasteiger partial charge in [0.15, 0.2) is 0 Å². The summed E-state index contributed by atoms with van der Waals surface area (Å²) in [4.78, 5) is 0. The first-order valence-electron chi connectivity index (χ1n) is 18.2. The summed E-state index contributed by atoms with van der Waals surface area (Å²) < 4.78 is 5.86. The van der Waals surface area contributed by atoms with E-state index in [4.69, 9.17) is 4.74 Å². The van der Waals surface area contributed by atoms with Crippen LogP contribution in [0.25, 0.3) is 11.1 Å². The van der Waals surface area contributed by atoms with E-state index in [1.165, 1.54) is 75.3 Å². The first-order chi connectivity index (χ1) is 20.8. The SMILES string of the molecule is CCCOc1ccc(-c2ccc3c(c2)C2C4CC(C=C4C4CCCCC4P(C4CCCCC4)C4CCCCC4)C32)cc1. The van der Waals surface area contributed by atoms with E-state index >= 15 is 0 Å². The summed E-state index contributed by atoms with van der Waals surface area (Å²) >= 11 is 0. The molecular formula is C40H53OP. The number of fused-ring (bicyclic) bond motifs is 8. The van der Waals surface area contributed by atoms with Gasteiger partial charge in [0.05, 0.1) is 6.61 Å². The minimum absolute atomic E-state index is 0.167. The molecule has 0 spiro atoms. The van der Waals surface area contributed by atoms with Gasteiger partial charge < -0.3 is 4.74 Å². The zero-order chi connectivity index (χ0) is 28.0. The summed E-state index contributed by atoms with van der Waals surface area (Å²) in [6.07, 6.45) is 26.9. The van der Waals surface area contributed by atoms with Crippen LogP contribution in [0.2, 0.25) is 0 Å². The van der Waals surface area contributed by atoms with Gasteiger partial charge in [0.25, 0.3) is 0 Å². The fourth-order valence-corrected chi connectivity index (χ4v) is 15.7. The molecule has 4 saturated carbocycles. The molecule has 6 atom stereocenters. The smallest absolute Gasteiger partial charge is 0.119 e. The van der Waals surface area contributed by atoms with E-state index < -0.39 is 0 Å². The Balaban J connectivity index is 1.05. The van der Waals surface area contributed by atoms with Crippen LogP contribution in [0, 0.1) is 17.8 Å². The van der Waals surface area contributed by atoms with E-state index in [2.05, 4.69) is 55.5 Å². The van der Waals surface area contributed by atoms with Gasteiger partial charge in [-0.15, -0.1) is 0 Å². The van der Waals surface area contributed by atoms with Crippen molar-refractivity contribution < 1.29 is 4.74 Å². The molecule has 2 aromatic carbocycles. The maximum Gasteiger partial charge on any atom is 0.119 e. The van der Waals surface area contributed by atoms with Crippen LogP contribution in [0.4, 0.5) is 0 Å². The molecule has 6 unspecified atom stereocenters. The van der Waals surface area contributed by atoms with Gasteiger partial charge >= 0.3 is 0 Å². The molecule has 6 aliphatic carbocycles. The molecule has 0 aliphatic heterocycles. The number of hydrogen-bond donors (Lipinski definition) is 0. The van der Waals surface area contributed by atoms with E-state index in [1.807, 2.05) is 5.57 Å². The average Bonchev–Trinajstić information content (AvgIpc) is 3.60. The number of hydrogen-bond acceptors (Lipinski definition) is 1. The summed E-state index contributed by atoms with van der Waals surface area (Å²) in [6.45, 7) is 2.96. The van der Waals surface area contributed by atoms with Gasteiger partial charge in [-0.05, 0) is 132 Å². The molecule has 4 fully saturated rings. The molecular weight excluding hydrogens is 527 g/mol. The summed E-state index contributed by atoms with van der Waals surface area (Å²) in [6, 6.07) is 16.3. The van der Waals surface area contributed by atoms with Crippen molar-refractivity contribution in [3.63, 3.8) is 0 Å². The van der Waals surface area contributed by atoms with E-state index in [9.17, 15) is 0 Å². The van der Waals surface area contributed by atoms with Crippen LogP contribution < -0.4 is 4.74 Å². The number of rotatable bonds is 8. The second-order valence-corrected chi connectivity index (χ2v) is 17.9. The second kappa shape index (κ2) is 12.1. The van der Waals surface area contributed by atoms with Crippen LogP contribution >= 0.6 is 7.92 Å². The molecule has 42 heavy (non-hydrogen) atoms. The third kappa shape index (κ3) is 4.93. The minimum atomic E-state index is 0.167. The van der Waals surface area contributed by atoms with Gasteiger partial charge in [-0.3, -0.25) is 0 Å². The second-order valence-electron chi connectivity index (χ2n) is 14.9. The Hall–Kier alpha value is -1.59. The lowest BCUT2D eigenvalue weighted by molar-refractivity contribution is 0.317. The largest absolute Gasteiger partial charge is 0.494 e. The van der Waals surface area contributed by atoms with Crippen LogP contribution in [0.1, 0.15) is 133 Å². The summed E-state index contributed by atoms with van der Waals surface area (Å²) in [5, 5.41) is 0. The lowest BCUT2D eigenvalue weighted by Crippen LogP contribution is -2.37. The summed E-state index contributed by atoms with van der Waals surface area (Å²) in [7, 11) is 0.167. The van der Waals surface area contributed by atoms with Crippen molar-refractivity contribution in [2.75, 3.05) is 6.61 Å². The minimum Gasteiger partial charge on any atom is -0.494 e. The zero-order valence-electron chi connectivity index (χ0n) is 26.1. The monoisotopic (exact) mass is 580 g/mol. The molecule has 0 aromatic heterocycles. The maximum atomic E-state index is 5.86. The molecule has 2 bridgehead atoms. The Morgan fingerprint density at radius 2 is 1.33 bits per heavy atom. The van der Waals surface area contributed by atoms with Gasteiger partial charge in [0, 0.05) is 0 Å². The highest BCUT2D eigenvalue weighted by Gasteiger charge is 2.57. The van der Waals surface area contributed by atoms with E-state index in [-0.39, 0.29) is 7.92 Å². The first-order valence-corrected chi connectivity index (χ1v) is 19.7. The highest BCUT2D eigenvalue weighted by atomic mass is 31.1. The maximum absolute atomic E-state index is 5.86. The molecule has 224 valence electrons. The molecule has 0 amide bonds. The standard InChI is InChI=1S/C40H53OP/c1-2-23-41-30-20-17-27(18-21-30)28-19-22-34-36(24-28)40-37-26-29(39(34)40)25-35(37)33-15-9-10-16-38(33)42(31-11-5-3-6-12-31)32-13-7-4-8-14-32/h17-22,24-25,29,31-33,37-40H,2-16,23,26H2,1H3. The number of benzene rings is 2. The molecule has 0 N–H and O–H groups in total. The van der Waals surface area contributed by atoms with Crippen LogP contribution in [0.5, 0.6) is 5.75 Å². The van der Waals surface area contributed by atoms with Gasteiger partial charge in [-0.2, -0.15) is 0 Å². The Labute approximate surface area is 257 Å². The van der Waals surface area contributed by atoms with Crippen molar-refractivity contribution in [3.05, 3.63) is 65.2 Å². The zero-order valence-corrected chi connectivity index (χ0v) is 27.0. The third-order valence-electron chi connectivity index (χ3n) is 12.6. The lowest BCUT2D eigenvalue weighted by Gasteiger charge is -2.50. The van der Waals surface area contributed by atoms with Gasteiger partial charge in [0.1, 0.15) is 5.75 Å². The highest BCUT2D eigenvalue weighted by molar-refractivity contribution is 7.60. The Bertz CT molecular complexity index is 1250. The van der Waals surface area contributed by atoms with Crippen LogP contribution in [0.15, 0.2) is 54.1 Å². The molecule has 0 saturated heterocycles. The fraction of sp³-hybridized carbons (Fsp3) is 0.650. The van der Waals surface area contributed by atoms with Crippen molar-refractivity contribution in [3.8, 4) is 16.9 Å².